The maximum Gasteiger partial charge on any atom is 0.0920 e. The van der Waals surface area contributed by atoms with Crippen LogP contribution < -0.4 is 0 Å². The molecule has 0 radical (unpaired) electrons. The molecule has 0 saturated heterocycles. The SMILES string of the molecule is C=C[C@@H]1CCC(CC)=C(O)C1. The average Bonchev–Trinajstić information content (AvgIpc) is 2.04. The number of hydrogen-bond acceptors (Lipinski definition) is 1. The third-order valence-electron chi connectivity index (χ3n) is 2.44. The van der Waals surface area contributed by atoms with Crippen molar-refractivity contribution in [2.45, 2.75) is 32.6 Å². The topological polar surface area (TPSA) is 20.2 Å². The summed E-state index contributed by atoms with van der Waals surface area (Å²) in [6.07, 6.45) is 5.97. The fraction of sp³-hybridized carbons (Fsp3) is 0.600. The lowest BCUT2D eigenvalue weighted by Crippen LogP contribution is -2.07. The van der Waals surface area contributed by atoms with Gasteiger partial charge in [-0.2, -0.15) is 0 Å². The molecule has 1 heteroatoms. The van der Waals surface area contributed by atoms with Gasteiger partial charge in [0.25, 0.3) is 0 Å². The predicted octanol–water partition coefficient (Wildman–Crippen LogP) is 3.19. The van der Waals surface area contributed by atoms with E-state index in [0.29, 0.717) is 11.7 Å². The molecule has 11 heavy (non-hydrogen) atoms. The molecule has 0 spiro atoms. The summed E-state index contributed by atoms with van der Waals surface area (Å²) < 4.78 is 0. The van der Waals surface area contributed by atoms with E-state index in [-0.39, 0.29) is 0 Å². The van der Waals surface area contributed by atoms with Gasteiger partial charge in [0.1, 0.15) is 0 Å². The van der Waals surface area contributed by atoms with E-state index in [4.69, 9.17) is 0 Å². The monoisotopic (exact) mass is 152 g/mol. The third-order valence-corrected chi connectivity index (χ3v) is 2.44. The van der Waals surface area contributed by atoms with Gasteiger partial charge < -0.3 is 5.11 Å². The smallest absolute Gasteiger partial charge is 0.0920 e. The second-order valence-corrected chi connectivity index (χ2v) is 3.14. The summed E-state index contributed by atoms with van der Waals surface area (Å²) in [6, 6.07) is 0. The molecule has 0 aromatic rings. The molecular weight excluding hydrogens is 136 g/mol. The molecule has 0 aromatic heterocycles. The van der Waals surface area contributed by atoms with Crippen molar-refractivity contribution in [3.63, 3.8) is 0 Å². The van der Waals surface area contributed by atoms with Gasteiger partial charge in [-0.1, -0.05) is 13.0 Å². The average molecular weight is 152 g/mol. The first-order chi connectivity index (χ1) is 5.27. The summed E-state index contributed by atoms with van der Waals surface area (Å²) in [5.74, 6) is 1.12. The van der Waals surface area contributed by atoms with Gasteiger partial charge in [0.05, 0.1) is 5.76 Å². The van der Waals surface area contributed by atoms with E-state index in [1.54, 1.807) is 0 Å². The van der Waals surface area contributed by atoms with E-state index in [0.717, 1.165) is 25.7 Å². The van der Waals surface area contributed by atoms with Gasteiger partial charge in [0.2, 0.25) is 0 Å². The Kier molecular flexibility index (Phi) is 2.75. The minimum absolute atomic E-state index is 0.505. The molecule has 0 fully saturated rings. The lowest BCUT2D eigenvalue weighted by Gasteiger charge is -2.20. The first-order valence-electron chi connectivity index (χ1n) is 4.30. The summed E-state index contributed by atoms with van der Waals surface area (Å²) in [4.78, 5) is 0. The molecule has 1 nitrogen and oxygen atoms in total. The fourth-order valence-corrected chi connectivity index (χ4v) is 1.58. The van der Waals surface area contributed by atoms with Crippen LogP contribution in [0.3, 0.4) is 0 Å². The van der Waals surface area contributed by atoms with Crippen LogP contribution in [-0.2, 0) is 0 Å². The number of hydrogen-bond donors (Lipinski definition) is 1. The van der Waals surface area contributed by atoms with Crippen molar-refractivity contribution >= 4 is 0 Å². The maximum absolute atomic E-state index is 9.50. The van der Waals surface area contributed by atoms with Crippen LogP contribution in [0.2, 0.25) is 0 Å². The zero-order chi connectivity index (χ0) is 8.27. The molecule has 0 amide bonds. The van der Waals surface area contributed by atoms with Crippen molar-refractivity contribution in [3.05, 3.63) is 24.0 Å². The van der Waals surface area contributed by atoms with E-state index >= 15 is 0 Å². The fourth-order valence-electron chi connectivity index (χ4n) is 1.58. The van der Waals surface area contributed by atoms with Gasteiger partial charge >= 0.3 is 0 Å². The lowest BCUT2D eigenvalue weighted by atomic mass is 9.87. The Balaban J connectivity index is 2.63. The Hall–Kier alpha value is -0.720. The van der Waals surface area contributed by atoms with Crippen molar-refractivity contribution < 1.29 is 5.11 Å². The maximum atomic E-state index is 9.50. The minimum Gasteiger partial charge on any atom is -0.512 e. The molecule has 1 atom stereocenters. The van der Waals surface area contributed by atoms with E-state index in [1.807, 2.05) is 6.08 Å². The molecule has 1 rings (SSSR count). The normalized spacial score (nSPS) is 25.4. The molecular formula is C10H16O. The minimum atomic E-state index is 0.505. The van der Waals surface area contributed by atoms with Crippen molar-refractivity contribution in [3.8, 4) is 0 Å². The summed E-state index contributed by atoms with van der Waals surface area (Å²) >= 11 is 0. The number of aliphatic hydroxyl groups excluding tert-OH is 1. The molecule has 0 heterocycles. The molecule has 1 N–H and O–H groups in total. The van der Waals surface area contributed by atoms with Crippen LogP contribution >= 0.6 is 0 Å². The predicted molar refractivity (Wildman–Crippen MR) is 47.5 cm³/mol. The molecule has 62 valence electrons. The van der Waals surface area contributed by atoms with Crippen molar-refractivity contribution in [1.29, 1.82) is 0 Å². The zero-order valence-electron chi connectivity index (χ0n) is 7.14. The second kappa shape index (κ2) is 3.61. The van der Waals surface area contributed by atoms with Gasteiger partial charge in [-0.3, -0.25) is 0 Å². The molecule has 0 aromatic carbocycles. The number of aliphatic hydroxyl groups is 1. The van der Waals surface area contributed by atoms with E-state index < -0.39 is 0 Å². The van der Waals surface area contributed by atoms with Crippen LogP contribution in [-0.4, -0.2) is 5.11 Å². The highest BCUT2D eigenvalue weighted by molar-refractivity contribution is 5.13. The van der Waals surface area contributed by atoms with E-state index in [9.17, 15) is 5.11 Å². The highest BCUT2D eigenvalue weighted by Crippen LogP contribution is 2.29. The van der Waals surface area contributed by atoms with Crippen LogP contribution in [0.15, 0.2) is 24.0 Å². The van der Waals surface area contributed by atoms with Gasteiger partial charge in [0, 0.05) is 6.42 Å². The molecule has 0 unspecified atom stereocenters. The Labute approximate surface area is 68.4 Å². The van der Waals surface area contributed by atoms with Gasteiger partial charge in [-0.25, -0.2) is 0 Å². The molecule has 0 bridgehead atoms. The van der Waals surface area contributed by atoms with Gasteiger partial charge in [-0.15, -0.1) is 6.58 Å². The Bertz CT molecular complexity index is 179. The zero-order valence-corrected chi connectivity index (χ0v) is 7.14. The first-order valence-corrected chi connectivity index (χ1v) is 4.30. The number of allylic oxidation sites excluding steroid dienone is 3. The van der Waals surface area contributed by atoms with Crippen molar-refractivity contribution in [1.82, 2.24) is 0 Å². The molecule has 1 aliphatic carbocycles. The Morgan fingerprint density at radius 3 is 2.91 bits per heavy atom. The molecule has 1 aliphatic rings. The van der Waals surface area contributed by atoms with E-state index in [2.05, 4.69) is 13.5 Å². The molecule has 0 aliphatic heterocycles. The highest BCUT2D eigenvalue weighted by Gasteiger charge is 2.16. The lowest BCUT2D eigenvalue weighted by molar-refractivity contribution is 0.332. The van der Waals surface area contributed by atoms with Crippen molar-refractivity contribution in [2.24, 2.45) is 5.92 Å². The first kappa shape index (κ1) is 8.38. The van der Waals surface area contributed by atoms with Gasteiger partial charge in [-0.05, 0) is 30.8 Å². The van der Waals surface area contributed by atoms with Gasteiger partial charge in [0.15, 0.2) is 0 Å². The van der Waals surface area contributed by atoms with Crippen LogP contribution in [0.1, 0.15) is 32.6 Å². The summed E-state index contributed by atoms with van der Waals surface area (Å²) in [5, 5.41) is 9.50. The van der Waals surface area contributed by atoms with Crippen LogP contribution in [0.25, 0.3) is 0 Å². The summed E-state index contributed by atoms with van der Waals surface area (Å²) in [5.41, 5.74) is 1.24. The second-order valence-electron chi connectivity index (χ2n) is 3.14. The Morgan fingerprint density at radius 2 is 2.45 bits per heavy atom. The standard InChI is InChI=1S/C10H16O/c1-3-8-5-6-9(4-2)10(11)7-8/h3,8,11H,1,4-7H2,2H3/t8-/m1/s1. The quantitative estimate of drug-likeness (QED) is 0.602. The number of rotatable bonds is 2. The van der Waals surface area contributed by atoms with Crippen LogP contribution in [0, 0.1) is 5.92 Å². The molecule has 0 saturated carbocycles. The van der Waals surface area contributed by atoms with Crippen LogP contribution in [0.4, 0.5) is 0 Å². The third kappa shape index (κ3) is 1.86. The van der Waals surface area contributed by atoms with Crippen LogP contribution in [0.5, 0.6) is 0 Å². The summed E-state index contributed by atoms with van der Waals surface area (Å²) in [7, 11) is 0. The van der Waals surface area contributed by atoms with Crippen molar-refractivity contribution in [2.75, 3.05) is 0 Å². The summed E-state index contributed by atoms with van der Waals surface area (Å²) in [6.45, 7) is 5.83. The Morgan fingerprint density at radius 1 is 1.73 bits per heavy atom. The van der Waals surface area contributed by atoms with E-state index in [1.165, 1.54) is 5.57 Å². The largest absolute Gasteiger partial charge is 0.512 e. The highest BCUT2D eigenvalue weighted by atomic mass is 16.3.